The quantitative estimate of drug-likeness (QED) is 0.572. The van der Waals surface area contributed by atoms with Gasteiger partial charge in [-0.05, 0) is 62.1 Å². The first kappa shape index (κ1) is 22.1. The van der Waals surface area contributed by atoms with Crippen LogP contribution in [0, 0.1) is 5.92 Å². The van der Waals surface area contributed by atoms with Gasteiger partial charge in [0.1, 0.15) is 5.82 Å². The molecule has 2 aliphatic rings. The molecule has 0 spiro atoms. The Labute approximate surface area is 194 Å². The molecule has 2 N–H and O–H groups in total. The van der Waals surface area contributed by atoms with Gasteiger partial charge in [-0.3, -0.25) is 4.79 Å². The number of imidazole rings is 1. The van der Waals surface area contributed by atoms with Gasteiger partial charge in [-0.2, -0.15) is 4.31 Å². The first-order chi connectivity index (χ1) is 16.0. The second kappa shape index (κ2) is 9.27. The van der Waals surface area contributed by atoms with Crippen molar-refractivity contribution in [3.8, 4) is 0 Å². The SMILES string of the molecule is O=C(Nc1ccc(S(=O)(=O)N2CCC(c3nc4ccccc4[nH]3)CC2)cc1)C1CCCCC1. The summed E-state index contributed by atoms with van der Waals surface area (Å²) in [5, 5.41) is 2.95. The van der Waals surface area contributed by atoms with Crippen LogP contribution in [0.3, 0.4) is 0 Å². The molecule has 0 unspecified atom stereocenters. The molecular weight excluding hydrogens is 436 g/mol. The number of amides is 1. The summed E-state index contributed by atoms with van der Waals surface area (Å²) in [6, 6.07) is 14.5. The monoisotopic (exact) mass is 466 g/mol. The van der Waals surface area contributed by atoms with E-state index in [1.165, 1.54) is 6.42 Å². The first-order valence-electron chi connectivity index (χ1n) is 11.9. The van der Waals surface area contributed by atoms with E-state index in [1.54, 1.807) is 28.6 Å². The maximum Gasteiger partial charge on any atom is 0.243 e. The number of sulfonamides is 1. The van der Waals surface area contributed by atoms with Crippen molar-refractivity contribution in [1.29, 1.82) is 0 Å². The summed E-state index contributed by atoms with van der Waals surface area (Å²) in [6.07, 6.45) is 6.73. The molecule has 8 heteroatoms. The van der Waals surface area contributed by atoms with Crippen LogP contribution in [-0.4, -0.2) is 41.7 Å². The maximum atomic E-state index is 13.2. The van der Waals surface area contributed by atoms with Crippen LogP contribution in [0.15, 0.2) is 53.4 Å². The third-order valence-electron chi connectivity index (χ3n) is 6.98. The minimum atomic E-state index is -3.57. The highest BCUT2D eigenvalue weighted by Crippen LogP contribution is 2.31. The van der Waals surface area contributed by atoms with Crippen molar-refractivity contribution in [3.63, 3.8) is 0 Å². The molecule has 0 bridgehead atoms. The Hall–Kier alpha value is -2.71. The van der Waals surface area contributed by atoms with Gasteiger partial charge in [-0.15, -0.1) is 0 Å². The number of aromatic amines is 1. The van der Waals surface area contributed by atoms with Gasteiger partial charge >= 0.3 is 0 Å². The molecule has 2 fully saturated rings. The van der Waals surface area contributed by atoms with Gasteiger partial charge in [0, 0.05) is 30.6 Å². The Morgan fingerprint density at radius 3 is 2.33 bits per heavy atom. The van der Waals surface area contributed by atoms with Gasteiger partial charge in [0.05, 0.1) is 15.9 Å². The number of H-pyrrole nitrogens is 1. The Kier molecular flexibility index (Phi) is 6.21. The Balaban J connectivity index is 1.21. The summed E-state index contributed by atoms with van der Waals surface area (Å²) in [5.41, 5.74) is 2.60. The number of para-hydroxylation sites is 2. The van der Waals surface area contributed by atoms with Crippen LogP contribution in [0.2, 0.25) is 0 Å². The smallest absolute Gasteiger partial charge is 0.243 e. The molecule has 1 amide bonds. The van der Waals surface area contributed by atoms with Crippen molar-refractivity contribution < 1.29 is 13.2 Å². The minimum Gasteiger partial charge on any atom is -0.342 e. The lowest BCUT2D eigenvalue weighted by molar-refractivity contribution is -0.120. The second-order valence-corrected chi connectivity index (χ2v) is 11.1. The van der Waals surface area contributed by atoms with Gasteiger partial charge in [-0.1, -0.05) is 31.4 Å². The summed E-state index contributed by atoms with van der Waals surface area (Å²) < 4.78 is 27.9. The Morgan fingerprint density at radius 1 is 0.939 bits per heavy atom. The number of fused-ring (bicyclic) bond motifs is 1. The molecule has 0 radical (unpaired) electrons. The number of hydrogen-bond donors (Lipinski definition) is 2. The summed E-state index contributed by atoms with van der Waals surface area (Å²) in [4.78, 5) is 20.8. The van der Waals surface area contributed by atoms with E-state index in [-0.39, 0.29) is 22.6 Å². The fraction of sp³-hybridized carbons (Fsp3) is 0.440. The van der Waals surface area contributed by atoms with Gasteiger partial charge < -0.3 is 10.3 Å². The fourth-order valence-corrected chi connectivity index (χ4v) is 6.47. The van der Waals surface area contributed by atoms with Crippen molar-refractivity contribution in [3.05, 3.63) is 54.4 Å². The van der Waals surface area contributed by atoms with Crippen molar-refractivity contribution in [2.75, 3.05) is 18.4 Å². The predicted molar refractivity (Wildman–Crippen MR) is 128 cm³/mol. The van der Waals surface area contributed by atoms with Crippen molar-refractivity contribution in [2.24, 2.45) is 5.92 Å². The molecule has 2 heterocycles. The average molecular weight is 467 g/mol. The molecule has 33 heavy (non-hydrogen) atoms. The molecule has 0 atom stereocenters. The lowest BCUT2D eigenvalue weighted by Gasteiger charge is -2.30. The second-order valence-electron chi connectivity index (χ2n) is 9.17. The van der Waals surface area contributed by atoms with Gasteiger partial charge in [0.15, 0.2) is 0 Å². The molecule has 3 aromatic rings. The highest BCUT2D eigenvalue weighted by molar-refractivity contribution is 7.89. The number of hydrogen-bond acceptors (Lipinski definition) is 4. The molecule has 2 aromatic carbocycles. The number of carbonyl (C=O) groups excluding carboxylic acids is 1. The third kappa shape index (κ3) is 4.68. The molecular formula is C25H30N4O3S. The van der Waals surface area contributed by atoms with Gasteiger partial charge in [-0.25, -0.2) is 13.4 Å². The van der Waals surface area contributed by atoms with Crippen LogP contribution in [0.1, 0.15) is 56.7 Å². The Morgan fingerprint density at radius 2 is 1.64 bits per heavy atom. The number of piperidine rings is 1. The molecule has 5 rings (SSSR count). The first-order valence-corrected chi connectivity index (χ1v) is 13.3. The Bertz CT molecular complexity index is 1190. The number of nitrogens with one attached hydrogen (secondary N) is 2. The zero-order valence-electron chi connectivity index (χ0n) is 18.7. The number of nitrogens with zero attached hydrogens (tertiary/aromatic N) is 2. The van der Waals surface area contributed by atoms with E-state index in [0.29, 0.717) is 18.8 Å². The summed E-state index contributed by atoms with van der Waals surface area (Å²) in [6.45, 7) is 0.925. The molecule has 7 nitrogen and oxygen atoms in total. The normalized spacial score (nSPS) is 19.0. The molecule has 1 aliphatic carbocycles. The van der Waals surface area contributed by atoms with Crippen LogP contribution >= 0.6 is 0 Å². The third-order valence-corrected chi connectivity index (χ3v) is 8.90. The fourth-order valence-electron chi connectivity index (χ4n) is 5.00. The van der Waals surface area contributed by atoms with E-state index in [9.17, 15) is 13.2 Å². The van der Waals surface area contributed by atoms with E-state index >= 15 is 0 Å². The van der Waals surface area contributed by atoms with E-state index in [1.807, 2.05) is 24.3 Å². The number of aromatic nitrogens is 2. The zero-order valence-corrected chi connectivity index (χ0v) is 19.5. The molecule has 1 saturated heterocycles. The highest BCUT2D eigenvalue weighted by Gasteiger charge is 2.31. The van der Waals surface area contributed by atoms with Gasteiger partial charge in [0.25, 0.3) is 0 Å². The lowest BCUT2D eigenvalue weighted by Crippen LogP contribution is -2.38. The molecule has 1 saturated carbocycles. The predicted octanol–water partition coefficient (Wildman–Crippen LogP) is 4.65. The number of carbonyl (C=O) groups is 1. The zero-order chi connectivity index (χ0) is 22.8. The standard InChI is InChI=1S/C25H30N4O3S/c30-25(19-6-2-1-3-7-19)26-20-10-12-21(13-11-20)33(31,32)29-16-14-18(15-17-29)24-27-22-8-4-5-9-23(22)28-24/h4-5,8-13,18-19H,1-3,6-7,14-17H2,(H,26,30)(H,27,28). The van der Waals surface area contributed by atoms with Crippen LogP contribution in [0.5, 0.6) is 0 Å². The van der Waals surface area contributed by atoms with E-state index in [0.717, 1.165) is 55.4 Å². The van der Waals surface area contributed by atoms with Crippen molar-refractivity contribution >= 4 is 32.7 Å². The van der Waals surface area contributed by atoms with Gasteiger partial charge in [0.2, 0.25) is 15.9 Å². The average Bonchev–Trinajstić information content (AvgIpc) is 3.29. The number of anilines is 1. The van der Waals surface area contributed by atoms with Crippen LogP contribution in [-0.2, 0) is 14.8 Å². The van der Waals surface area contributed by atoms with Crippen LogP contribution in [0.25, 0.3) is 11.0 Å². The maximum absolute atomic E-state index is 13.2. The lowest BCUT2D eigenvalue weighted by atomic mass is 9.88. The van der Waals surface area contributed by atoms with Crippen LogP contribution < -0.4 is 5.32 Å². The topological polar surface area (TPSA) is 95.2 Å². The van der Waals surface area contributed by atoms with E-state index in [4.69, 9.17) is 4.98 Å². The minimum absolute atomic E-state index is 0.0398. The van der Waals surface area contributed by atoms with Crippen molar-refractivity contribution in [2.45, 2.75) is 55.8 Å². The molecule has 174 valence electrons. The highest BCUT2D eigenvalue weighted by atomic mass is 32.2. The summed E-state index contributed by atoms with van der Waals surface area (Å²) in [5.74, 6) is 1.26. The number of rotatable bonds is 5. The van der Waals surface area contributed by atoms with Crippen molar-refractivity contribution in [1.82, 2.24) is 14.3 Å². The summed E-state index contributed by atoms with van der Waals surface area (Å²) >= 11 is 0. The van der Waals surface area contributed by atoms with E-state index < -0.39 is 10.0 Å². The molecule has 1 aromatic heterocycles. The van der Waals surface area contributed by atoms with Crippen LogP contribution in [0.4, 0.5) is 5.69 Å². The molecule has 1 aliphatic heterocycles. The van der Waals surface area contributed by atoms with E-state index in [2.05, 4.69) is 10.3 Å². The summed E-state index contributed by atoms with van der Waals surface area (Å²) in [7, 11) is -3.57. The largest absolute Gasteiger partial charge is 0.342 e. The number of benzene rings is 2.